The van der Waals surface area contributed by atoms with Crippen molar-refractivity contribution in [2.75, 3.05) is 11.9 Å². The van der Waals surface area contributed by atoms with Crippen LogP contribution in [0.2, 0.25) is 0 Å². The van der Waals surface area contributed by atoms with Crippen LogP contribution >= 0.6 is 11.3 Å². The number of nitrogens with one attached hydrogen (secondary N) is 1. The van der Waals surface area contributed by atoms with Crippen LogP contribution in [-0.4, -0.2) is 29.3 Å². The second-order valence-corrected chi connectivity index (χ2v) is 7.74. The summed E-state index contributed by atoms with van der Waals surface area (Å²) in [6.07, 6.45) is 3.50. The van der Waals surface area contributed by atoms with Crippen LogP contribution in [0.15, 0.2) is 18.2 Å². The molecule has 1 aromatic heterocycles. The van der Waals surface area contributed by atoms with E-state index in [9.17, 15) is 24.5 Å². The van der Waals surface area contributed by atoms with Crippen LogP contribution in [0.3, 0.4) is 0 Å². The van der Waals surface area contributed by atoms with Crippen molar-refractivity contribution in [1.82, 2.24) is 0 Å². The number of carbonyl (C=O) groups excluding carboxylic acids is 3. The molecule has 0 unspecified atom stereocenters. The molecule has 3 N–H and O–H groups in total. The van der Waals surface area contributed by atoms with Gasteiger partial charge < -0.3 is 15.8 Å². The third-order valence-corrected chi connectivity index (χ3v) is 5.85. The van der Waals surface area contributed by atoms with E-state index < -0.39 is 29.3 Å². The highest BCUT2D eigenvalue weighted by Crippen LogP contribution is 2.37. The largest absolute Gasteiger partial charge is 0.452 e. The molecule has 10 heteroatoms. The highest BCUT2D eigenvalue weighted by Gasteiger charge is 2.26. The quantitative estimate of drug-likeness (QED) is 0.420. The molecule has 29 heavy (non-hydrogen) atoms. The van der Waals surface area contributed by atoms with Crippen LogP contribution in [-0.2, 0) is 22.4 Å². The van der Waals surface area contributed by atoms with Crippen molar-refractivity contribution >= 4 is 39.8 Å². The number of nitrogens with two attached hydrogens (primary N) is 1. The Kier molecular flexibility index (Phi) is 5.92. The maximum absolute atomic E-state index is 12.3. The van der Waals surface area contributed by atoms with Crippen molar-refractivity contribution in [1.29, 1.82) is 0 Å². The van der Waals surface area contributed by atoms with E-state index in [4.69, 9.17) is 10.5 Å². The summed E-state index contributed by atoms with van der Waals surface area (Å²) in [6.45, 7) is 0.857. The zero-order valence-corrected chi connectivity index (χ0v) is 16.5. The number of ether oxygens (including phenoxy) is 1. The molecule has 1 heterocycles. The second-order valence-electron chi connectivity index (χ2n) is 6.63. The number of para-hydroxylation sites is 1. The first kappa shape index (κ1) is 20.5. The molecule has 0 saturated heterocycles. The fraction of sp³-hybridized carbons (Fsp3) is 0.316. The van der Waals surface area contributed by atoms with Crippen LogP contribution in [0.5, 0.6) is 0 Å². The van der Waals surface area contributed by atoms with Gasteiger partial charge in [0, 0.05) is 10.4 Å². The van der Waals surface area contributed by atoms with Gasteiger partial charge in [-0.1, -0.05) is 12.1 Å². The van der Waals surface area contributed by atoms with Gasteiger partial charge in [0.2, 0.25) is 0 Å². The van der Waals surface area contributed by atoms with E-state index in [-0.39, 0.29) is 11.3 Å². The van der Waals surface area contributed by atoms with Gasteiger partial charge in [0.05, 0.1) is 10.5 Å². The number of hydrogen-bond acceptors (Lipinski definition) is 7. The topological polar surface area (TPSA) is 142 Å². The predicted molar refractivity (Wildman–Crippen MR) is 106 cm³/mol. The fourth-order valence-electron chi connectivity index (χ4n) is 3.35. The maximum Gasteiger partial charge on any atom is 0.345 e. The number of nitro benzene ring substituents is 1. The SMILES string of the molecule is Cc1cccc(C(=O)OCC(=O)Nc2sc3c(c2C(N)=O)CCCC3)c1[N+](=O)[O-]. The molecule has 0 bridgehead atoms. The molecular formula is C19H19N3O6S. The Bertz CT molecular complexity index is 1010. The van der Waals surface area contributed by atoms with Crippen molar-refractivity contribution in [3.05, 3.63) is 55.4 Å². The minimum Gasteiger partial charge on any atom is -0.452 e. The Morgan fingerprint density at radius 2 is 2.00 bits per heavy atom. The summed E-state index contributed by atoms with van der Waals surface area (Å²) >= 11 is 1.29. The van der Waals surface area contributed by atoms with Crippen molar-refractivity contribution in [2.24, 2.45) is 5.73 Å². The Morgan fingerprint density at radius 3 is 2.69 bits per heavy atom. The second kappa shape index (κ2) is 8.39. The molecular weight excluding hydrogens is 398 g/mol. The highest BCUT2D eigenvalue weighted by molar-refractivity contribution is 7.17. The molecule has 9 nitrogen and oxygen atoms in total. The lowest BCUT2D eigenvalue weighted by Gasteiger charge is -2.11. The molecule has 1 aliphatic rings. The number of nitrogens with zero attached hydrogens (tertiary/aromatic N) is 1. The Balaban J connectivity index is 1.71. The molecule has 0 spiro atoms. The lowest BCUT2D eigenvalue weighted by Crippen LogP contribution is -2.23. The normalized spacial score (nSPS) is 12.7. The standard InChI is InChI=1S/C19H19N3O6S/c1-10-5-4-7-12(16(10)22(26)27)19(25)28-9-14(23)21-18-15(17(20)24)11-6-2-3-8-13(11)29-18/h4-5,7H,2-3,6,8-9H2,1H3,(H2,20,24)(H,21,23). The van der Waals surface area contributed by atoms with Gasteiger partial charge in [0.25, 0.3) is 17.5 Å². The molecule has 152 valence electrons. The molecule has 1 aromatic carbocycles. The van der Waals surface area contributed by atoms with Crippen LogP contribution in [0.4, 0.5) is 10.7 Å². The molecule has 0 fully saturated rings. The number of fused-ring (bicyclic) bond motifs is 1. The molecule has 0 aliphatic heterocycles. The third-order valence-electron chi connectivity index (χ3n) is 4.65. The molecule has 1 aliphatic carbocycles. The number of nitro groups is 1. The maximum atomic E-state index is 12.3. The number of aryl methyl sites for hydroxylation is 2. The van der Waals surface area contributed by atoms with E-state index in [1.807, 2.05) is 0 Å². The third kappa shape index (κ3) is 4.27. The number of benzene rings is 1. The van der Waals surface area contributed by atoms with E-state index in [2.05, 4.69) is 5.32 Å². The number of rotatable bonds is 6. The number of thiophene rings is 1. The van der Waals surface area contributed by atoms with Crippen molar-refractivity contribution in [2.45, 2.75) is 32.6 Å². The minimum atomic E-state index is -0.976. The lowest BCUT2D eigenvalue weighted by atomic mass is 9.95. The van der Waals surface area contributed by atoms with Crippen LogP contribution in [0, 0.1) is 17.0 Å². The average Bonchev–Trinajstić information content (AvgIpc) is 3.03. The number of anilines is 1. The summed E-state index contributed by atoms with van der Waals surface area (Å²) < 4.78 is 4.94. The van der Waals surface area contributed by atoms with Crippen molar-refractivity contribution < 1.29 is 24.0 Å². The highest BCUT2D eigenvalue weighted by atomic mass is 32.1. The van der Waals surface area contributed by atoms with Gasteiger partial charge in [-0.05, 0) is 44.2 Å². The summed E-state index contributed by atoms with van der Waals surface area (Å²) in [6, 6.07) is 4.27. The predicted octanol–water partition coefficient (Wildman–Crippen LogP) is 2.74. The van der Waals surface area contributed by atoms with E-state index in [1.54, 1.807) is 0 Å². The van der Waals surface area contributed by atoms with Gasteiger partial charge in [0.15, 0.2) is 6.61 Å². The first-order chi connectivity index (χ1) is 13.8. The zero-order chi connectivity index (χ0) is 21.1. The number of primary amides is 1. The first-order valence-electron chi connectivity index (χ1n) is 8.95. The number of esters is 1. The number of carbonyl (C=O) groups is 3. The van der Waals surface area contributed by atoms with Gasteiger partial charge in [-0.15, -0.1) is 11.3 Å². The van der Waals surface area contributed by atoms with Crippen molar-refractivity contribution in [3.8, 4) is 0 Å². The van der Waals surface area contributed by atoms with Gasteiger partial charge in [-0.25, -0.2) is 4.79 Å². The van der Waals surface area contributed by atoms with Gasteiger partial charge in [-0.3, -0.25) is 19.7 Å². The Labute approximate surface area is 170 Å². The molecule has 2 amide bonds. The van der Waals surface area contributed by atoms with E-state index in [0.29, 0.717) is 16.1 Å². The van der Waals surface area contributed by atoms with Gasteiger partial charge >= 0.3 is 5.97 Å². The monoisotopic (exact) mass is 417 g/mol. The first-order valence-corrected chi connectivity index (χ1v) is 9.76. The van der Waals surface area contributed by atoms with E-state index in [0.717, 1.165) is 36.1 Å². The molecule has 0 atom stereocenters. The summed E-state index contributed by atoms with van der Waals surface area (Å²) in [5, 5.41) is 14.1. The van der Waals surface area contributed by atoms with Crippen LogP contribution in [0.25, 0.3) is 0 Å². The summed E-state index contributed by atoms with van der Waals surface area (Å²) in [5.74, 6) is -2.25. The molecule has 0 saturated carbocycles. The summed E-state index contributed by atoms with van der Waals surface area (Å²) in [7, 11) is 0. The van der Waals surface area contributed by atoms with Gasteiger partial charge in [-0.2, -0.15) is 0 Å². The minimum absolute atomic E-state index is 0.229. The number of hydrogen-bond donors (Lipinski definition) is 2. The Hall–Kier alpha value is -3.27. The fourth-order valence-corrected chi connectivity index (χ4v) is 4.66. The molecule has 2 aromatic rings. The summed E-state index contributed by atoms with van der Waals surface area (Å²) in [4.78, 5) is 47.9. The van der Waals surface area contributed by atoms with Crippen LogP contribution < -0.4 is 11.1 Å². The van der Waals surface area contributed by atoms with E-state index in [1.165, 1.54) is 36.5 Å². The van der Waals surface area contributed by atoms with Gasteiger partial charge in [0.1, 0.15) is 10.6 Å². The zero-order valence-electron chi connectivity index (χ0n) is 15.6. The van der Waals surface area contributed by atoms with Crippen LogP contribution in [0.1, 0.15) is 49.6 Å². The summed E-state index contributed by atoms with van der Waals surface area (Å²) in [5.41, 5.74) is 6.38. The molecule has 0 radical (unpaired) electrons. The average molecular weight is 417 g/mol. The smallest absolute Gasteiger partial charge is 0.345 e. The number of amides is 2. The molecule has 3 rings (SSSR count). The lowest BCUT2D eigenvalue weighted by molar-refractivity contribution is -0.385. The van der Waals surface area contributed by atoms with E-state index >= 15 is 0 Å². The van der Waals surface area contributed by atoms with Crippen molar-refractivity contribution in [3.63, 3.8) is 0 Å². The Morgan fingerprint density at radius 1 is 1.28 bits per heavy atom.